The average molecular weight is 1100 g/mol. The largest absolute Gasteiger partial charge is 0.464 e. The van der Waals surface area contributed by atoms with Crippen LogP contribution in [0.25, 0.3) is 33.4 Å². The Bertz CT molecular complexity index is 2970. The van der Waals surface area contributed by atoms with Crippen molar-refractivity contribution in [2.24, 2.45) is 29.1 Å². The Hall–Kier alpha value is -5.51. The number of methoxy groups -OCH3 is 1. The number of thiazole rings is 1. The summed E-state index contributed by atoms with van der Waals surface area (Å²) in [5, 5.41) is 11.6. The summed E-state index contributed by atoms with van der Waals surface area (Å²) in [6.07, 6.45) is 5.61. The van der Waals surface area contributed by atoms with Gasteiger partial charge in [-0.3, -0.25) is 44.2 Å². The molecule has 20 heteroatoms. The fraction of sp³-hybridized carbons (Fsp3) is 0.644. The fourth-order valence-electron chi connectivity index (χ4n) is 13.2. The third-order valence-corrected chi connectivity index (χ3v) is 18.8. The van der Waals surface area contributed by atoms with E-state index in [4.69, 9.17) is 24.2 Å². The molecule has 1 unspecified atom stereocenters. The van der Waals surface area contributed by atoms with Crippen molar-refractivity contribution in [3.05, 3.63) is 52.1 Å². The number of hydrogen-bond donors (Lipinski definition) is 3. The number of morpholine rings is 1. The number of piperazine rings is 1. The van der Waals surface area contributed by atoms with Crippen molar-refractivity contribution in [1.82, 2.24) is 50.3 Å². The summed E-state index contributed by atoms with van der Waals surface area (Å²) in [6, 6.07) is 6.33. The lowest BCUT2D eigenvalue weighted by atomic mass is 9.84. The zero-order valence-electron chi connectivity index (χ0n) is 47.6. The molecule has 6 aliphatic heterocycles. The normalized spacial score (nSPS) is 27.3. The third kappa shape index (κ3) is 11.2. The first kappa shape index (κ1) is 55.4. The molecule has 3 N–H and O–H groups in total. The molecule has 19 nitrogen and oxygen atoms in total. The van der Waals surface area contributed by atoms with E-state index in [1.807, 2.05) is 44.2 Å². The van der Waals surface area contributed by atoms with Crippen molar-refractivity contribution in [3.8, 4) is 22.5 Å². The highest BCUT2D eigenvalue weighted by atomic mass is 32.1. The van der Waals surface area contributed by atoms with Gasteiger partial charge >= 0.3 is 5.97 Å². The molecule has 4 amide bonds. The Kier molecular flexibility index (Phi) is 15.7. The number of hydrazine groups is 1. The second-order valence-corrected chi connectivity index (χ2v) is 25.6. The summed E-state index contributed by atoms with van der Waals surface area (Å²) in [6.45, 7) is 21.2. The van der Waals surface area contributed by atoms with E-state index in [0.29, 0.717) is 69.0 Å². The highest BCUT2D eigenvalue weighted by molar-refractivity contribution is 7.10. The molecular weight excluding hydrogens is 1020 g/mol. The molecule has 1 aromatic carbocycles. The first-order valence-corrected chi connectivity index (χ1v) is 29.9. The van der Waals surface area contributed by atoms with Gasteiger partial charge in [-0.15, -0.1) is 11.3 Å². The smallest absolute Gasteiger partial charge is 0.324 e. The second kappa shape index (κ2) is 22.4. The molecule has 6 fully saturated rings. The van der Waals surface area contributed by atoms with Crippen molar-refractivity contribution in [1.29, 1.82) is 0 Å². The van der Waals surface area contributed by atoms with Gasteiger partial charge in [0.2, 0.25) is 17.7 Å². The van der Waals surface area contributed by atoms with Gasteiger partial charge in [-0.2, -0.15) is 0 Å². The van der Waals surface area contributed by atoms with Crippen LogP contribution in [-0.2, 0) is 57.6 Å². The summed E-state index contributed by atoms with van der Waals surface area (Å²) in [7, 11) is 3.37. The van der Waals surface area contributed by atoms with Crippen LogP contribution in [0.3, 0.4) is 0 Å². The maximum atomic E-state index is 14.9. The quantitative estimate of drug-likeness (QED) is 0.126. The molecule has 9 atom stereocenters. The molecule has 1 aliphatic carbocycles. The molecule has 4 aromatic rings. The van der Waals surface area contributed by atoms with Gasteiger partial charge in [-0.25, -0.2) is 10.4 Å². The first-order chi connectivity index (χ1) is 37.9. The number of aromatic nitrogens is 3. The van der Waals surface area contributed by atoms with Crippen LogP contribution < -0.4 is 21.0 Å². The molecule has 7 aliphatic rings. The number of aryl methyl sites for hydroxylation is 1. The lowest BCUT2D eigenvalue weighted by Crippen LogP contribution is -2.62. The lowest BCUT2D eigenvalue weighted by molar-refractivity contribution is -0.155. The van der Waals surface area contributed by atoms with Crippen molar-refractivity contribution >= 4 is 57.5 Å². The predicted octanol–water partition coefficient (Wildman–Crippen LogP) is 5.05. The minimum Gasteiger partial charge on any atom is -0.464 e. The number of cyclic esters (lactones) is 1. The number of hydrogen-bond acceptors (Lipinski definition) is 15. The molecule has 1 saturated carbocycles. The summed E-state index contributed by atoms with van der Waals surface area (Å²) >= 11 is 1.42. The lowest BCUT2D eigenvalue weighted by Gasteiger charge is -2.44. The Labute approximate surface area is 468 Å². The molecule has 6 bridgehead atoms. The van der Waals surface area contributed by atoms with Crippen molar-refractivity contribution in [2.45, 2.75) is 136 Å². The summed E-state index contributed by atoms with van der Waals surface area (Å²) in [4.78, 5) is 90.5. The van der Waals surface area contributed by atoms with Gasteiger partial charge in [0.25, 0.3) is 5.91 Å². The van der Waals surface area contributed by atoms with Crippen molar-refractivity contribution in [3.63, 3.8) is 0 Å². The zero-order valence-corrected chi connectivity index (χ0v) is 48.4. The molecule has 5 saturated heterocycles. The van der Waals surface area contributed by atoms with Crippen LogP contribution in [0.4, 0.5) is 5.69 Å². The summed E-state index contributed by atoms with van der Waals surface area (Å²) < 4.78 is 20.6. The summed E-state index contributed by atoms with van der Waals surface area (Å²) in [5.41, 5.74) is 10.4. The number of fused-ring (bicyclic) bond motifs is 7. The van der Waals surface area contributed by atoms with Gasteiger partial charge in [0, 0.05) is 112 Å². The number of esters is 1. The molecule has 0 radical (unpaired) electrons. The van der Waals surface area contributed by atoms with Gasteiger partial charge in [0.15, 0.2) is 0 Å². The number of anilines is 1. The standard InChI is InChI=1S/C59H81N11O8S/c1-10-69-47-16-15-37-22-40(47)42(53(69)41-23-38(26-60-49(41)35(5)76-9)67-19-18-66-20-21-77-30-39(66)28-67)25-59(6,7)32-78-58(75)44-12-11-17-70(64-44)56(73)45(24-48-61-46(37)31-79-48)62-54(71)52(33(2)3)65(8)55(72)43-29-68(27-34(43)4)57(74)51-50(63-51)36-13-14-36/h15-16,22-23,26,31,33-36,39,43-45,50-52,63-64H,10-14,17-21,24-25,27-30,32H2,1-9H3,(H,62,71)/t34-,35+,39+,43+,44+,45+,50-,51-,52?/m1/s1. The molecule has 0 spiro atoms. The Morgan fingerprint density at radius 3 is 2.61 bits per heavy atom. The Balaban J connectivity index is 0.919. The SMILES string of the molecule is CCn1c(-c2cc(N3CCN4CCOC[C@@H]4C3)cnc2[C@H](C)OC)c2c3cc(ccc31)-c1csc(n1)C[C@H](NC(=O)C(C(C)C)N(C)C(=O)[C@H]1CN(C(=O)[C@@H]3N[C@@H]3C3CC3)C[C@H]1C)C(=O)N1CCC[C@H](N1)C(=O)OCC(C)(C)C2. The number of likely N-dealkylation sites (N-methyl/N-ethyl adjacent to an activating group) is 1. The van der Waals surface area contributed by atoms with E-state index in [1.54, 1.807) is 14.2 Å². The van der Waals surface area contributed by atoms with Gasteiger partial charge in [0.1, 0.15) is 24.2 Å². The van der Waals surface area contributed by atoms with Crippen molar-refractivity contribution in [2.75, 3.05) is 84.7 Å². The number of likely N-dealkylation sites (tertiary alicyclic amines) is 1. The monoisotopic (exact) mass is 1100 g/mol. The maximum absolute atomic E-state index is 14.9. The van der Waals surface area contributed by atoms with E-state index < -0.39 is 47.2 Å². The Morgan fingerprint density at radius 2 is 1.85 bits per heavy atom. The minimum atomic E-state index is -1.09. The maximum Gasteiger partial charge on any atom is 0.324 e. The molecule has 79 heavy (non-hydrogen) atoms. The molecule has 3 aromatic heterocycles. The number of amides is 4. The van der Waals surface area contributed by atoms with Crippen LogP contribution in [0, 0.1) is 29.1 Å². The second-order valence-electron chi connectivity index (χ2n) is 24.6. The van der Waals surface area contributed by atoms with Gasteiger partial charge in [0.05, 0.1) is 71.9 Å². The number of carbonyl (C=O) groups excluding carboxylic acids is 5. The minimum absolute atomic E-state index is 0.0526. The topological polar surface area (TPSA) is 206 Å². The van der Waals surface area contributed by atoms with E-state index in [9.17, 15) is 24.0 Å². The Morgan fingerprint density at radius 1 is 1.04 bits per heavy atom. The number of pyridine rings is 1. The van der Waals surface area contributed by atoms with Crippen LogP contribution in [0.1, 0.15) is 96.5 Å². The number of rotatable bonds is 12. The molecule has 9 heterocycles. The highest BCUT2D eigenvalue weighted by Crippen LogP contribution is 2.44. The van der Waals surface area contributed by atoms with Gasteiger partial charge < -0.3 is 38.8 Å². The van der Waals surface area contributed by atoms with Crippen LogP contribution in [0.15, 0.2) is 35.8 Å². The van der Waals surface area contributed by atoms with E-state index in [1.165, 1.54) is 21.2 Å². The number of nitrogens with zero attached hydrogens (tertiary/aromatic N) is 8. The third-order valence-electron chi connectivity index (χ3n) is 17.9. The fourth-order valence-corrected chi connectivity index (χ4v) is 14.1. The van der Waals surface area contributed by atoms with Crippen LogP contribution in [0.2, 0.25) is 0 Å². The zero-order chi connectivity index (χ0) is 55.6. The van der Waals surface area contributed by atoms with Crippen LogP contribution in [-0.4, -0.2) is 180 Å². The number of benzene rings is 1. The molecular formula is C59H81N11O8S. The highest BCUT2D eigenvalue weighted by Gasteiger charge is 2.54. The van der Waals surface area contributed by atoms with E-state index in [-0.39, 0.29) is 54.9 Å². The van der Waals surface area contributed by atoms with Crippen LogP contribution in [0.5, 0.6) is 0 Å². The van der Waals surface area contributed by atoms with E-state index in [0.717, 1.165) is 96.0 Å². The predicted molar refractivity (Wildman–Crippen MR) is 302 cm³/mol. The number of carbonyl (C=O) groups is 5. The number of ether oxygens (including phenoxy) is 3. The summed E-state index contributed by atoms with van der Waals surface area (Å²) in [5.74, 6) is -1.80. The van der Waals surface area contributed by atoms with Gasteiger partial charge in [-0.1, -0.05) is 40.7 Å². The number of nitrogens with one attached hydrogen (secondary N) is 3. The van der Waals surface area contributed by atoms with E-state index >= 15 is 0 Å². The molecule has 426 valence electrons. The van der Waals surface area contributed by atoms with E-state index in [2.05, 4.69) is 75.5 Å². The average Bonchev–Trinajstić information content (AvgIpc) is 4.49. The van der Waals surface area contributed by atoms with Crippen molar-refractivity contribution < 1.29 is 38.2 Å². The van der Waals surface area contributed by atoms with Gasteiger partial charge in [-0.05, 0) is 87.5 Å². The first-order valence-electron chi connectivity index (χ1n) is 29.0. The van der Waals surface area contributed by atoms with Crippen LogP contribution >= 0.6 is 11.3 Å². The molecule has 11 rings (SSSR count).